The van der Waals surface area contributed by atoms with E-state index in [0.29, 0.717) is 0 Å². The molecule has 0 aliphatic carbocycles. The van der Waals surface area contributed by atoms with E-state index in [1.54, 1.807) is 0 Å². The van der Waals surface area contributed by atoms with Crippen LogP contribution >= 0.6 is 0 Å². The van der Waals surface area contributed by atoms with Crippen molar-refractivity contribution in [3.63, 3.8) is 0 Å². The molecule has 1 aromatic carbocycles. The second kappa shape index (κ2) is 4.68. The van der Waals surface area contributed by atoms with Gasteiger partial charge in [-0.2, -0.15) is 0 Å². The van der Waals surface area contributed by atoms with E-state index in [0.717, 1.165) is 16.7 Å². The molecule has 100 valence electrons. The van der Waals surface area contributed by atoms with Gasteiger partial charge in [0.2, 0.25) is 0 Å². The Morgan fingerprint density at radius 2 is 1.79 bits per heavy atom. The lowest BCUT2D eigenvalue weighted by molar-refractivity contribution is -0.274. The van der Waals surface area contributed by atoms with Gasteiger partial charge in [0.1, 0.15) is 5.75 Å². The molecule has 2 rings (SSSR count). The first-order valence-corrected chi connectivity index (χ1v) is 5.14. The highest BCUT2D eigenvalue weighted by molar-refractivity contribution is 5.41. The molecular weight excluding hydrogens is 263 g/mol. The van der Waals surface area contributed by atoms with Gasteiger partial charge < -0.3 is 9.84 Å². The molecule has 2 aromatic rings. The molecule has 4 nitrogen and oxygen atoms in total. The van der Waals surface area contributed by atoms with Gasteiger partial charge in [0.05, 0.1) is 5.69 Å². The van der Waals surface area contributed by atoms with Crippen LogP contribution in [0, 0.1) is 0 Å². The summed E-state index contributed by atoms with van der Waals surface area (Å²) in [6.45, 7) is 0. The second-order valence-electron chi connectivity index (χ2n) is 3.60. The van der Waals surface area contributed by atoms with E-state index in [9.17, 15) is 23.1 Å². The lowest BCUT2D eigenvalue weighted by atomic mass is 10.3. The smallest absolute Gasteiger partial charge is 0.494 e. The molecule has 0 aliphatic heterocycles. The predicted octanol–water partition coefficient (Wildman–Crippen LogP) is 2.44. The predicted molar refractivity (Wildman–Crippen MR) is 60.4 cm³/mol. The maximum atomic E-state index is 12.1. The Balaban J connectivity index is 2.47. The van der Waals surface area contributed by atoms with Crippen molar-refractivity contribution in [1.82, 2.24) is 4.57 Å². The largest absolute Gasteiger partial charge is 0.573 e. The van der Waals surface area contributed by atoms with Crippen LogP contribution in [0.15, 0.2) is 47.3 Å². The van der Waals surface area contributed by atoms with Crippen molar-refractivity contribution in [2.45, 2.75) is 6.36 Å². The quantitative estimate of drug-likeness (QED) is 0.912. The lowest BCUT2D eigenvalue weighted by Crippen LogP contribution is -2.18. The van der Waals surface area contributed by atoms with Crippen LogP contribution in [0.5, 0.6) is 11.6 Å². The zero-order valence-corrected chi connectivity index (χ0v) is 9.39. The number of halogens is 3. The first-order valence-electron chi connectivity index (χ1n) is 5.14. The molecule has 0 bridgehead atoms. The number of rotatable bonds is 2. The highest BCUT2D eigenvalue weighted by Crippen LogP contribution is 2.25. The Kier molecular flexibility index (Phi) is 3.20. The van der Waals surface area contributed by atoms with E-state index in [2.05, 4.69) is 4.74 Å². The van der Waals surface area contributed by atoms with Crippen LogP contribution in [0.2, 0.25) is 0 Å². The molecule has 0 unspecified atom stereocenters. The first-order chi connectivity index (χ1) is 8.87. The summed E-state index contributed by atoms with van der Waals surface area (Å²) in [5.74, 6) is -0.850. The second-order valence-corrected chi connectivity index (χ2v) is 3.60. The molecule has 0 saturated carbocycles. The van der Waals surface area contributed by atoms with E-state index < -0.39 is 17.7 Å². The molecule has 0 aliphatic rings. The third-order valence-electron chi connectivity index (χ3n) is 2.24. The van der Waals surface area contributed by atoms with E-state index in [-0.39, 0.29) is 11.6 Å². The third kappa shape index (κ3) is 3.06. The zero-order chi connectivity index (χ0) is 14.0. The number of benzene rings is 1. The van der Waals surface area contributed by atoms with Crippen molar-refractivity contribution in [3.05, 3.63) is 52.8 Å². The third-order valence-corrected chi connectivity index (χ3v) is 2.24. The molecule has 7 heteroatoms. The van der Waals surface area contributed by atoms with Crippen molar-refractivity contribution in [1.29, 1.82) is 0 Å². The van der Waals surface area contributed by atoms with Crippen molar-refractivity contribution < 1.29 is 23.0 Å². The highest BCUT2D eigenvalue weighted by Gasteiger charge is 2.31. The maximum absolute atomic E-state index is 12.1. The molecule has 0 atom stereocenters. The molecule has 0 amide bonds. The molecule has 0 fully saturated rings. The average Bonchev–Trinajstić information content (AvgIpc) is 2.26. The molecular formula is C12H8F3NO3. The Labute approximate surface area is 105 Å². The van der Waals surface area contributed by atoms with E-state index in [1.807, 2.05) is 0 Å². The highest BCUT2D eigenvalue weighted by atomic mass is 19.4. The van der Waals surface area contributed by atoms with Crippen LogP contribution in [0.3, 0.4) is 0 Å². The van der Waals surface area contributed by atoms with Crippen LogP contribution < -0.4 is 10.3 Å². The van der Waals surface area contributed by atoms with E-state index >= 15 is 0 Å². The minimum Gasteiger partial charge on any atom is -0.494 e. The van der Waals surface area contributed by atoms with Crippen molar-refractivity contribution in [2.75, 3.05) is 0 Å². The Morgan fingerprint density at radius 1 is 1.11 bits per heavy atom. The van der Waals surface area contributed by atoms with Crippen molar-refractivity contribution in [3.8, 4) is 17.3 Å². The maximum Gasteiger partial charge on any atom is 0.573 e. The minimum absolute atomic E-state index is 0.0739. The zero-order valence-electron chi connectivity index (χ0n) is 9.39. The van der Waals surface area contributed by atoms with Crippen LogP contribution in [0.4, 0.5) is 13.2 Å². The number of pyridine rings is 1. The van der Waals surface area contributed by atoms with Gasteiger partial charge in [-0.25, -0.2) is 4.57 Å². The molecule has 1 aromatic heterocycles. The average molecular weight is 271 g/mol. The summed E-state index contributed by atoms with van der Waals surface area (Å²) in [6.07, 6.45) is -4.82. The van der Waals surface area contributed by atoms with Gasteiger partial charge in [-0.1, -0.05) is 12.1 Å². The number of hydrogen-bond acceptors (Lipinski definition) is 3. The number of aromatic nitrogens is 1. The number of aromatic hydroxyl groups is 1. The van der Waals surface area contributed by atoms with Gasteiger partial charge in [-0.15, -0.1) is 13.2 Å². The standard InChI is InChI=1S/C12H8F3NO3/c13-12(14,15)19-9-4-1-3-8(7-9)16-10(17)5-2-6-11(16)18/h1-7,17H. The van der Waals surface area contributed by atoms with Crippen molar-refractivity contribution >= 4 is 0 Å². The molecule has 0 spiro atoms. The minimum atomic E-state index is -4.82. The summed E-state index contributed by atoms with van der Waals surface area (Å²) >= 11 is 0. The van der Waals surface area contributed by atoms with Crippen LogP contribution in [-0.2, 0) is 0 Å². The lowest BCUT2D eigenvalue weighted by Gasteiger charge is -2.11. The summed E-state index contributed by atoms with van der Waals surface area (Å²) < 4.78 is 40.9. The molecule has 0 saturated heterocycles. The first kappa shape index (κ1) is 13.0. The number of nitrogens with zero attached hydrogens (tertiary/aromatic N) is 1. The van der Waals surface area contributed by atoms with Gasteiger partial charge in [-0.3, -0.25) is 4.79 Å². The van der Waals surface area contributed by atoms with Crippen LogP contribution in [0.25, 0.3) is 5.69 Å². The number of ether oxygens (including phenoxy) is 1. The fourth-order valence-corrected chi connectivity index (χ4v) is 1.56. The number of alkyl halides is 3. The molecule has 1 heterocycles. The van der Waals surface area contributed by atoms with E-state index in [1.165, 1.54) is 30.3 Å². The summed E-state index contributed by atoms with van der Waals surface area (Å²) in [6, 6.07) is 8.54. The fraction of sp³-hybridized carbons (Fsp3) is 0.0833. The Hall–Kier alpha value is -2.44. The number of hydrogen-bond donors (Lipinski definition) is 1. The summed E-state index contributed by atoms with van der Waals surface area (Å²) in [5, 5.41) is 9.57. The summed E-state index contributed by atoms with van der Waals surface area (Å²) in [7, 11) is 0. The normalized spacial score (nSPS) is 11.3. The molecule has 0 radical (unpaired) electrons. The fourth-order valence-electron chi connectivity index (χ4n) is 1.56. The molecule has 1 N–H and O–H groups in total. The SMILES string of the molecule is O=c1cccc(O)n1-c1cccc(OC(F)(F)F)c1. The summed E-state index contributed by atoms with van der Waals surface area (Å²) in [5.41, 5.74) is -0.492. The van der Waals surface area contributed by atoms with Gasteiger partial charge in [0, 0.05) is 12.1 Å². The van der Waals surface area contributed by atoms with Gasteiger partial charge in [0.15, 0.2) is 5.88 Å². The topological polar surface area (TPSA) is 51.5 Å². The molecule has 19 heavy (non-hydrogen) atoms. The van der Waals surface area contributed by atoms with Gasteiger partial charge >= 0.3 is 6.36 Å². The van der Waals surface area contributed by atoms with Gasteiger partial charge in [-0.05, 0) is 18.2 Å². The van der Waals surface area contributed by atoms with Gasteiger partial charge in [0.25, 0.3) is 5.56 Å². The van der Waals surface area contributed by atoms with Crippen molar-refractivity contribution in [2.24, 2.45) is 0 Å². The Morgan fingerprint density at radius 3 is 2.42 bits per heavy atom. The Bertz CT molecular complexity index is 649. The van der Waals surface area contributed by atoms with Crippen LogP contribution in [-0.4, -0.2) is 16.0 Å². The van der Waals surface area contributed by atoms with Crippen LogP contribution in [0.1, 0.15) is 0 Å². The monoisotopic (exact) mass is 271 g/mol. The summed E-state index contributed by atoms with van der Waals surface area (Å²) in [4.78, 5) is 11.6. The van der Waals surface area contributed by atoms with E-state index in [4.69, 9.17) is 0 Å².